The Labute approximate surface area is 137 Å². The fourth-order valence-electron chi connectivity index (χ4n) is 2.65. The van der Waals surface area contributed by atoms with E-state index < -0.39 is 0 Å². The zero-order valence-corrected chi connectivity index (χ0v) is 13.9. The fourth-order valence-corrected chi connectivity index (χ4v) is 2.78. The van der Waals surface area contributed by atoms with Crippen LogP contribution in [0.4, 0.5) is 0 Å². The van der Waals surface area contributed by atoms with Crippen molar-refractivity contribution in [2.75, 3.05) is 26.2 Å². The summed E-state index contributed by atoms with van der Waals surface area (Å²) in [6, 6.07) is 7.78. The minimum absolute atomic E-state index is 0.187. The maximum atomic E-state index is 11.6. The van der Waals surface area contributed by atoms with Gasteiger partial charge in [0.1, 0.15) is 12.4 Å². The number of hydrogen-bond donors (Lipinski definition) is 1. The third kappa shape index (κ3) is 5.85. The molecule has 5 heteroatoms. The predicted molar refractivity (Wildman–Crippen MR) is 89.5 cm³/mol. The van der Waals surface area contributed by atoms with Gasteiger partial charge in [-0.15, -0.1) is 0 Å². The summed E-state index contributed by atoms with van der Waals surface area (Å²) in [6.07, 6.45) is 3.59. The van der Waals surface area contributed by atoms with E-state index in [1.165, 1.54) is 0 Å². The van der Waals surface area contributed by atoms with Crippen molar-refractivity contribution in [2.24, 2.45) is 0 Å². The van der Waals surface area contributed by atoms with Crippen LogP contribution < -0.4 is 10.1 Å². The van der Waals surface area contributed by atoms with Crippen LogP contribution in [0.3, 0.4) is 0 Å². The van der Waals surface area contributed by atoms with Crippen LogP contribution in [0.2, 0.25) is 5.02 Å². The van der Waals surface area contributed by atoms with Gasteiger partial charge in [-0.2, -0.15) is 0 Å². The Morgan fingerprint density at radius 3 is 2.64 bits per heavy atom. The summed E-state index contributed by atoms with van der Waals surface area (Å²) in [6.45, 7) is 5.65. The molecule has 1 aromatic rings. The normalized spacial score (nSPS) is 16.5. The van der Waals surface area contributed by atoms with Crippen LogP contribution in [0, 0.1) is 0 Å². The fraction of sp³-hybridized carbons (Fsp3) is 0.588. The van der Waals surface area contributed by atoms with Crippen molar-refractivity contribution in [3.63, 3.8) is 0 Å². The molecule has 1 saturated heterocycles. The van der Waals surface area contributed by atoms with Crippen LogP contribution in [0.1, 0.15) is 32.6 Å². The van der Waals surface area contributed by atoms with Gasteiger partial charge in [0.2, 0.25) is 5.91 Å². The summed E-state index contributed by atoms with van der Waals surface area (Å²) in [5, 5.41) is 3.84. The second kappa shape index (κ2) is 9.01. The maximum Gasteiger partial charge on any atom is 0.220 e. The molecule has 4 nitrogen and oxygen atoms in total. The lowest BCUT2D eigenvalue weighted by molar-refractivity contribution is -0.122. The number of ether oxygens (including phenoxy) is 1. The van der Waals surface area contributed by atoms with Gasteiger partial charge >= 0.3 is 0 Å². The number of likely N-dealkylation sites (tertiary alicyclic amines) is 1. The number of nitrogens with one attached hydrogen (secondary N) is 1. The average Bonchev–Trinajstić information content (AvgIpc) is 2.51. The molecule has 0 bridgehead atoms. The quantitative estimate of drug-likeness (QED) is 0.838. The topological polar surface area (TPSA) is 41.6 Å². The highest BCUT2D eigenvalue weighted by Gasteiger charge is 2.20. The number of halogens is 1. The van der Waals surface area contributed by atoms with Gasteiger partial charge in [0, 0.05) is 37.1 Å². The van der Waals surface area contributed by atoms with E-state index in [9.17, 15) is 4.79 Å². The van der Waals surface area contributed by atoms with Crippen molar-refractivity contribution < 1.29 is 9.53 Å². The van der Waals surface area contributed by atoms with Gasteiger partial charge in [0.25, 0.3) is 0 Å². The molecule has 0 aromatic heterocycles. The first-order valence-corrected chi connectivity index (χ1v) is 8.45. The van der Waals surface area contributed by atoms with Gasteiger partial charge in [-0.05, 0) is 43.5 Å². The van der Waals surface area contributed by atoms with E-state index in [0.29, 0.717) is 19.1 Å². The summed E-state index contributed by atoms with van der Waals surface area (Å²) in [4.78, 5) is 14.0. The summed E-state index contributed by atoms with van der Waals surface area (Å²) >= 11 is 5.84. The van der Waals surface area contributed by atoms with Gasteiger partial charge in [0.05, 0.1) is 0 Å². The molecule has 1 fully saturated rings. The van der Waals surface area contributed by atoms with E-state index in [1.54, 1.807) is 0 Å². The maximum absolute atomic E-state index is 11.6. The number of hydrogen-bond acceptors (Lipinski definition) is 3. The van der Waals surface area contributed by atoms with E-state index in [4.69, 9.17) is 16.3 Å². The zero-order valence-electron chi connectivity index (χ0n) is 13.2. The molecule has 0 spiro atoms. The molecule has 22 heavy (non-hydrogen) atoms. The van der Waals surface area contributed by atoms with Gasteiger partial charge in [-0.3, -0.25) is 9.69 Å². The average molecular weight is 325 g/mol. The van der Waals surface area contributed by atoms with Crippen molar-refractivity contribution >= 4 is 17.5 Å². The van der Waals surface area contributed by atoms with E-state index in [0.717, 1.165) is 49.7 Å². The van der Waals surface area contributed by atoms with E-state index in [1.807, 2.05) is 31.2 Å². The minimum atomic E-state index is 0.187. The molecule has 0 atom stereocenters. The molecule has 1 aliphatic heterocycles. The molecule has 1 N–H and O–H groups in total. The smallest absolute Gasteiger partial charge is 0.220 e. The van der Waals surface area contributed by atoms with Crippen LogP contribution in [-0.4, -0.2) is 43.1 Å². The molecule has 1 heterocycles. The van der Waals surface area contributed by atoms with Crippen molar-refractivity contribution in [2.45, 2.75) is 38.6 Å². The highest BCUT2D eigenvalue weighted by atomic mass is 35.5. The summed E-state index contributed by atoms with van der Waals surface area (Å²) < 4.78 is 5.72. The summed E-state index contributed by atoms with van der Waals surface area (Å²) in [5.41, 5.74) is 0. The van der Waals surface area contributed by atoms with Crippen LogP contribution >= 0.6 is 11.6 Å². The van der Waals surface area contributed by atoms with Gasteiger partial charge in [-0.1, -0.05) is 18.5 Å². The Balaban J connectivity index is 1.61. The molecule has 2 rings (SSSR count). The zero-order chi connectivity index (χ0) is 15.8. The molecular weight excluding hydrogens is 300 g/mol. The summed E-state index contributed by atoms with van der Waals surface area (Å²) in [5.74, 6) is 1.04. The lowest BCUT2D eigenvalue weighted by Crippen LogP contribution is -2.45. The third-order valence-corrected chi connectivity index (χ3v) is 4.17. The first-order chi connectivity index (χ1) is 10.7. The van der Waals surface area contributed by atoms with Gasteiger partial charge in [0.15, 0.2) is 0 Å². The second-order valence-electron chi connectivity index (χ2n) is 5.74. The van der Waals surface area contributed by atoms with Crippen molar-refractivity contribution in [1.82, 2.24) is 10.2 Å². The molecule has 0 radical (unpaired) electrons. The van der Waals surface area contributed by atoms with Crippen LogP contribution in [0.25, 0.3) is 0 Å². The van der Waals surface area contributed by atoms with Crippen LogP contribution in [-0.2, 0) is 4.79 Å². The second-order valence-corrected chi connectivity index (χ2v) is 6.17. The Morgan fingerprint density at radius 1 is 1.32 bits per heavy atom. The van der Waals surface area contributed by atoms with Crippen molar-refractivity contribution in [1.29, 1.82) is 0 Å². The van der Waals surface area contributed by atoms with Crippen LogP contribution in [0.5, 0.6) is 5.75 Å². The Morgan fingerprint density at radius 2 is 2.00 bits per heavy atom. The largest absolute Gasteiger partial charge is 0.492 e. The summed E-state index contributed by atoms with van der Waals surface area (Å²) in [7, 11) is 0. The molecule has 1 aromatic carbocycles. The SMILES string of the molecule is CCCC(=O)NC1CCN(CCOc2ccc(Cl)cc2)CC1. The number of rotatable bonds is 7. The molecule has 122 valence electrons. The van der Waals surface area contributed by atoms with Crippen molar-refractivity contribution in [3.05, 3.63) is 29.3 Å². The Hall–Kier alpha value is -1.26. The van der Waals surface area contributed by atoms with Crippen LogP contribution in [0.15, 0.2) is 24.3 Å². The molecule has 1 aliphatic rings. The number of carbonyl (C=O) groups is 1. The number of piperidine rings is 1. The molecule has 0 unspecified atom stereocenters. The van der Waals surface area contributed by atoms with Gasteiger partial charge < -0.3 is 10.1 Å². The highest BCUT2D eigenvalue weighted by molar-refractivity contribution is 6.30. The Kier molecular flexibility index (Phi) is 7.00. The standard InChI is InChI=1S/C17H25ClN2O2/c1-2-3-17(21)19-15-8-10-20(11-9-15)12-13-22-16-6-4-14(18)5-7-16/h4-7,15H,2-3,8-13H2,1H3,(H,19,21). The van der Waals surface area contributed by atoms with Crippen molar-refractivity contribution in [3.8, 4) is 5.75 Å². The lowest BCUT2D eigenvalue weighted by Gasteiger charge is -2.32. The van der Waals surface area contributed by atoms with E-state index in [2.05, 4.69) is 10.2 Å². The molecule has 0 saturated carbocycles. The first-order valence-electron chi connectivity index (χ1n) is 8.07. The van der Waals surface area contributed by atoms with Gasteiger partial charge in [-0.25, -0.2) is 0 Å². The highest BCUT2D eigenvalue weighted by Crippen LogP contribution is 2.16. The number of nitrogens with zero attached hydrogens (tertiary/aromatic N) is 1. The first kappa shape index (κ1) is 17.1. The van der Waals surface area contributed by atoms with E-state index in [-0.39, 0.29) is 5.91 Å². The molecule has 1 amide bonds. The monoisotopic (exact) mass is 324 g/mol. The minimum Gasteiger partial charge on any atom is -0.492 e. The predicted octanol–water partition coefficient (Wildman–Crippen LogP) is 3.10. The number of benzene rings is 1. The Bertz CT molecular complexity index is 456. The lowest BCUT2D eigenvalue weighted by atomic mass is 10.0. The number of amides is 1. The third-order valence-electron chi connectivity index (χ3n) is 3.92. The molecular formula is C17H25ClN2O2. The molecule has 0 aliphatic carbocycles. The van der Waals surface area contributed by atoms with E-state index >= 15 is 0 Å². The number of carbonyl (C=O) groups excluding carboxylic acids is 1.